The van der Waals surface area contributed by atoms with Crippen LogP contribution < -0.4 is 11.1 Å². The van der Waals surface area contributed by atoms with Crippen molar-refractivity contribution in [2.75, 3.05) is 13.1 Å². The van der Waals surface area contributed by atoms with Gasteiger partial charge in [0, 0.05) is 18.6 Å². The van der Waals surface area contributed by atoms with Crippen LogP contribution in [0.2, 0.25) is 0 Å². The van der Waals surface area contributed by atoms with E-state index in [1.807, 2.05) is 0 Å². The third-order valence-electron chi connectivity index (χ3n) is 4.61. The quantitative estimate of drug-likeness (QED) is 0.683. The smallest absolute Gasteiger partial charge is 0.0215 e. The Morgan fingerprint density at radius 1 is 1.15 bits per heavy atom. The molecule has 0 amide bonds. The predicted octanol–water partition coefficient (Wildman–Crippen LogP) is 1.11. The highest BCUT2D eigenvalue weighted by Crippen LogP contribution is 2.60. The first kappa shape index (κ1) is 8.25. The second kappa shape index (κ2) is 2.71. The zero-order chi connectivity index (χ0) is 8.89. The first-order valence-electron chi connectivity index (χ1n) is 5.77. The van der Waals surface area contributed by atoms with Gasteiger partial charge >= 0.3 is 0 Å². The van der Waals surface area contributed by atoms with Gasteiger partial charge < -0.3 is 11.1 Å². The maximum absolute atomic E-state index is 5.57. The number of nitrogens with one attached hydrogen (secondary N) is 1. The summed E-state index contributed by atoms with van der Waals surface area (Å²) < 4.78 is 0. The Kier molecular flexibility index (Phi) is 1.72. The predicted molar refractivity (Wildman–Crippen MR) is 53.3 cm³/mol. The molecule has 4 bridgehead atoms. The van der Waals surface area contributed by atoms with E-state index in [0.717, 1.165) is 30.8 Å². The molecule has 4 aliphatic carbocycles. The fraction of sp³-hybridized carbons (Fsp3) is 1.00. The summed E-state index contributed by atoms with van der Waals surface area (Å²) in [6.45, 7) is 1.82. The molecule has 2 unspecified atom stereocenters. The normalized spacial score (nSPS) is 51.9. The zero-order valence-corrected chi connectivity index (χ0v) is 8.26. The van der Waals surface area contributed by atoms with Crippen LogP contribution in [0, 0.1) is 17.8 Å². The van der Waals surface area contributed by atoms with Gasteiger partial charge in [0.25, 0.3) is 0 Å². The van der Waals surface area contributed by atoms with Crippen molar-refractivity contribution < 1.29 is 0 Å². The number of rotatable bonds is 3. The molecule has 0 radical (unpaired) electrons. The summed E-state index contributed by atoms with van der Waals surface area (Å²) in [4.78, 5) is 0. The Hall–Kier alpha value is -0.0800. The van der Waals surface area contributed by atoms with Gasteiger partial charge in [0.1, 0.15) is 0 Å². The van der Waals surface area contributed by atoms with Gasteiger partial charge in [0.15, 0.2) is 0 Å². The van der Waals surface area contributed by atoms with E-state index in [0.29, 0.717) is 5.54 Å². The van der Waals surface area contributed by atoms with E-state index in [-0.39, 0.29) is 0 Å². The molecule has 4 aliphatic rings. The van der Waals surface area contributed by atoms with Crippen molar-refractivity contribution in [3.8, 4) is 0 Å². The molecule has 2 atom stereocenters. The van der Waals surface area contributed by atoms with Crippen molar-refractivity contribution >= 4 is 0 Å². The highest BCUT2D eigenvalue weighted by atomic mass is 15.0. The highest BCUT2D eigenvalue weighted by molar-refractivity contribution is 5.12. The lowest BCUT2D eigenvalue weighted by Gasteiger charge is -2.34. The Morgan fingerprint density at radius 3 is 2.46 bits per heavy atom. The van der Waals surface area contributed by atoms with E-state index in [1.165, 1.54) is 32.1 Å². The van der Waals surface area contributed by atoms with Crippen LogP contribution in [0.15, 0.2) is 0 Å². The lowest BCUT2D eigenvalue weighted by Crippen LogP contribution is -2.48. The van der Waals surface area contributed by atoms with Crippen LogP contribution in [-0.2, 0) is 0 Å². The molecule has 0 aromatic carbocycles. The van der Waals surface area contributed by atoms with Gasteiger partial charge in [-0.3, -0.25) is 0 Å². The Bertz CT molecular complexity index is 200. The molecule has 0 saturated heterocycles. The second-order valence-corrected chi connectivity index (χ2v) is 5.42. The minimum absolute atomic E-state index is 0.549. The number of nitrogens with two attached hydrogens (primary N) is 1. The van der Waals surface area contributed by atoms with Gasteiger partial charge in [0.05, 0.1) is 0 Å². The van der Waals surface area contributed by atoms with Crippen LogP contribution in [0.4, 0.5) is 0 Å². The SMILES string of the molecule is NCCNC12CC3CC(CC1C3)C2. The Balaban J connectivity index is 1.77. The molecule has 4 rings (SSSR count). The Morgan fingerprint density at radius 2 is 1.85 bits per heavy atom. The summed E-state index contributed by atoms with van der Waals surface area (Å²) in [7, 11) is 0. The molecule has 2 heteroatoms. The van der Waals surface area contributed by atoms with Gasteiger partial charge in [0.2, 0.25) is 0 Å². The topological polar surface area (TPSA) is 38.0 Å². The van der Waals surface area contributed by atoms with Crippen molar-refractivity contribution in [2.45, 2.75) is 37.6 Å². The molecule has 0 spiro atoms. The van der Waals surface area contributed by atoms with Crippen molar-refractivity contribution in [3.05, 3.63) is 0 Å². The molecular weight excluding hydrogens is 160 g/mol. The largest absolute Gasteiger partial charge is 0.329 e. The van der Waals surface area contributed by atoms with Crippen LogP contribution in [0.1, 0.15) is 32.1 Å². The van der Waals surface area contributed by atoms with E-state index in [9.17, 15) is 0 Å². The van der Waals surface area contributed by atoms with Crippen molar-refractivity contribution in [2.24, 2.45) is 23.5 Å². The summed E-state index contributed by atoms with van der Waals surface area (Å²) in [6.07, 6.45) is 7.45. The molecular formula is C11H20N2. The van der Waals surface area contributed by atoms with Gasteiger partial charge in [-0.25, -0.2) is 0 Å². The zero-order valence-electron chi connectivity index (χ0n) is 8.26. The molecule has 0 heterocycles. The lowest BCUT2D eigenvalue weighted by molar-refractivity contribution is 0.236. The molecule has 74 valence electrons. The minimum atomic E-state index is 0.549. The van der Waals surface area contributed by atoms with Crippen LogP contribution in [0.3, 0.4) is 0 Å². The Labute approximate surface area is 80.3 Å². The fourth-order valence-electron chi connectivity index (χ4n) is 4.41. The number of hydrogen-bond acceptors (Lipinski definition) is 2. The third-order valence-corrected chi connectivity index (χ3v) is 4.61. The summed E-state index contributed by atoms with van der Waals surface area (Å²) in [6, 6.07) is 0. The van der Waals surface area contributed by atoms with Crippen LogP contribution >= 0.6 is 0 Å². The lowest BCUT2D eigenvalue weighted by atomic mass is 9.80. The van der Waals surface area contributed by atoms with Gasteiger partial charge in [-0.2, -0.15) is 0 Å². The molecule has 4 fully saturated rings. The molecule has 13 heavy (non-hydrogen) atoms. The summed E-state index contributed by atoms with van der Waals surface area (Å²) in [5.74, 6) is 3.12. The summed E-state index contributed by atoms with van der Waals surface area (Å²) in [5.41, 5.74) is 6.12. The average Bonchev–Trinajstić information content (AvgIpc) is 2.49. The molecule has 4 saturated carbocycles. The van der Waals surface area contributed by atoms with Crippen molar-refractivity contribution in [1.82, 2.24) is 5.32 Å². The van der Waals surface area contributed by atoms with Gasteiger partial charge in [-0.1, -0.05) is 0 Å². The summed E-state index contributed by atoms with van der Waals surface area (Å²) >= 11 is 0. The van der Waals surface area contributed by atoms with Crippen molar-refractivity contribution in [1.29, 1.82) is 0 Å². The minimum Gasteiger partial charge on any atom is -0.329 e. The van der Waals surface area contributed by atoms with Crippen LogP contribution in [-0.4, -0.2) is 18.6 Å². The second-order valence-electron chi connectivity index (χ2n) is 5.42. The monoisotopic (exact) mass is 180 g/mol. The first-order valence-corrected chi connectivity index (χ1v) is 5.77. The molecule has 3 N–H and O–H groups in total. The van der Waals surface area contributed by atoms with Crippen LogP contribution in [0.5, 0.6) is 0 Å². The number of hydrogen-bond donors (Lipinski definition) is 2. The molecule has 0 aliphatic heterocycles. The standard InChI is InChI=1S/C11H20N2/c12-1-2-13-11-6-8-3-9(7-11)5-10(11)4-8/h8-10,13H,1-7,12H2. The van der Waals surface area contributed by atoms with Gasteiger partial charge in [-0.05, 0) is 49.9 Å². The van der Waals surface area contributed by atoms with Crippen molar-refractivity contribution in [3.63, 3.8) is 0 Å². The first-order chi connectivity index (χ1) is 6.32. The third kappa shape index (κ3) is 1.08. The maximum Gasteiger partial charge on any atom is 0.0215 e. The molecule has 2 nitrogen and oxygen atoms in total. The van der Waals surface area contributed by atoms with E-state index in [2.05, 4.69) is 5.32 Å². The van der Waals surface area contributed by atoms with E-state index in [4.69, 9.17) is 5.73 Å². The van der Waals surface area contributed by atoms with E-state index in [1.54, 1.807) is 0 Å². The van der Waals surface area contributed by atoms with E-state index < -0.39 is 0 Å². The average molecular weight is 180 g/mol. The highest BCUT2D eigenvalue weighted by Gasteiger charge is 2.57. The fourth-order valence-corrected chi connectivity index (χ4v) is 4.41. The molecule has 0 aromatic heterocycles. The van der Waals surface area contributed by atoms with Crippen LogP contribution in [0.25, 0.3) is 0 Å². The summed E-state index contributed by atoms with van der Waals surface area (Å²) in [5, 5.41) is 3.74. The molecule has 0 aromatic rings. The maximum atomic E-state index is 5.57. The van der Waals surface area contributed by atoms with Gasteiger partial charge in [-0.15, -0.1) is 0 Å². The van der Waals surface area contributed by atoms with E-state index >= 15 is 0 Å².